The second-order valence-corrected chi connectivity index (χ2v) is 9.09. The molecule has 0 N–H and O–H groups in total. The van der Waals surface area contributed by atoms with E-state index in [1.54, 1.807) is 10.6 Å². The fourth-order valence-corrected chi connectivity index (χ4v) is 5.00. The Morgan fingerprint density at radius 2 is 1.62 bits per heavy atom. The summed E-state index contributed by atoms with van der Waals surface area (Å²) in [5.41, 5.74) is 5.42. The summed E-state index contributed by atoms with van der Waals surface area (Å²) in [6.07, 6.45) is 2.30. The fraction of sp³-hybridized carbons (Fsp3) is 0.241. The molecule has 0 amide bonds. The number of anilines is 1. The summed E-state index contributed by atoms with van der Waals surface area (Å²) < 4.78 is 7.58. The third-order valence-electron chi connectivity index (χ3n) is 6.45. The van der Waals surface area contributed by atoms with Gasteiger partial charge >= 0.3 is 0 Å². The first-order chi connectivity index (χ1) is 16.4. The van der Waals surface area contributed by atoms with Gasteiger partial charge in [0.2, 0.25) is 0 Å². The van der Waals surface area contributed by atoms with Gasteiger partial charge in [0.05, 0.1) is 23.8 Å². The number of pyridine rings is 1. The van der Waals surface area contributed by atoms with E-state index in [1.807, 2.05) is 61.7 Å². The van der Waals surface area contributed by atoms with E-state index in [1.165, 1.54) is 0 Å². The van der Waals surface area contributed by atoms with Crippen LogP contribution in [0.15, 0.2) is 77.7 Å². The van der Waals surface area contributed by atoms with Gasteiger partial charge in [-0.1, -0.05) is 24.3 Å². The Morgan fingerprint density at radius 3 is 2.32 bits per heavy atom. The molecule has 5 heteroatoms. The highest BCUT2D eigenvalue weighted by molar-refractivity contribution is 5.98. The molecule has 0 saturated carbocycles. The van der Waals surface area contributed by atoms with Gasteiger partial charge in [-0.15, -0.1) is 0 Å². The van der Waals surface area contributed by atoms with E-state index < -0.39 is 0 Å². The minimum Gasteiger partial charge on any atom is -0.372 e. The third-order valence-corrected chi connectivity index (χ3v) is 6.45. The number of rotatable bonds is 3. The van der Waals surface area contributed by atoms with Crippen molar-refractivity contribution in [3.05, 3.63) is 94.4 Å². The van der Waals surface area contributed by atoms with Crippen molar-refractivity contribution in [1.29, 1.82) is 5.26 Å². The van der Waals surface area contributed by atoms with Crippen LogP contribution in [0.3, 0.4) is 0 Å². The number of morpholine rings is 1. The van der Waals surface area contributed by atoms with Gasteiger partial charge in [-0.25, -0.2) is 0 Å². The quantitative estimate of drug-likeness (QED) is 0.417. The van der Waals surface area contributed by atoms with Crippen LogP contribution < -0.4 is 10.5 Å². The van der Waals surface area contributed by atoms with E-state index in [4.69, 9.17) is 4.74 Å². The Labute approximate surface area is 199 Å². The van der Waals surface area contributed by atoms with Gasteiger partial charge in [0.15, 0.2) is 0 Å². The van der Waals surface area contributed by atoms with Gasteiger partial charge < -0.3 is 9.64 Å². The number of ether oxygens (including phenoxy) is 1. The highest BCUT2D eigenvalue weighted by atomic mass is 16.5. The smallest absolute Gasteiger partial charge is 0.262 e. The van der Waals surface area contributed by atoms with E-state index in [0.29, 0.717) is 10.9 Å². The van der Waals surface area contributed by atoms with Crippen LogP contribution >= 0.6 is 0 Å². The predicted octanol–water partition coefficient (Wildman–Crippen LogP) is 5.45. The van der Waals surface area contributed by atoms with Gasteiger partial charge in [-0.3, -0.25) is 9.36 Å². The van der Waals surface area contributed by atoms with Crippen molar-refractivity contribution in [3.8, 4) is 22.9 Å². The van der Waals surface area contributed by atoms with Gasteiger partial charge in [0.25, 0.3) is 5.56 Å². The lowest BCUT2D eigenvalue weighted by molar-refractivity contribution is -0.00521. The van der Waals surface area contributed by atoms with E-state index in [-0.39, 0.29) is 17.8 Å². The average Bonchev–Trinajstić information content (AvgIpc) is 2.85. The zero-order valence-corrected chi connectivity index (χ0v) is 19.7. The molecule has 0 radical (unpaired) electrons. The summed E-state index contributed by atoms with van der Waals surface area (Å²) in [5.74, 6) is 0. The maximum atomic E-state index is 13.5. The van der Waals surface area contributed by atoms with Gasteiger partial charge in [0, 0.05) is 36.0 Å². The molecule has 0 unspecified atom stereocenters. The molecule has 1 saturated heterocycles. The molecule has 4 aromatic rings. The molecular formula is C29H27N3O2. The second-order valence-electron chi connectivity index (χ2n) is 9.09. The maximum absolute atomic E-state index is 13.5. The molecule has 5 rings (SSSR count). The van der Waals surface area contributed by atoms with Crippen molar-refractivity contribution in [2.45, 2.75) is 33.0 Å². The Bertz CT molecular complexity index is 1450. The van der Waals surface area contributed by atoms with Crippen LogP contribution in [0.1, 0.15) is 25.0 Å². The molecule has 2 atom stereocenters. The third kappa shape index (κ3) is 3.98. The Morgan fingerprint density at radius 1 is 0.941 bits per heavy atom. The first-order valence-electron chi connectivity index (χ1n) is 11.6. The summed E-state index contributed by atoms with van der Waals surface area (Å²) in [6, 6.07) is 23.7. The number of nitrogens with zero attached hydrogens (tertiary/aromatic N) is 3. The highest BCUT2D eigenvalue weighted by Gasteiger charge is 2.22. The number of aromatic nitrogens is 1. The topological polar surface area (TPSA) is 58.3 Å². The number of nitriles is 1. The van der Waals surface area contributed by atoms with Crippen LogP contribution in [0, 0.1) is 18.3 Å². The SMILES string of the molecule is Cc1cn(-c2ccc(N3C[C@@H](C)O[C@@H](C)C3)cc2)c(=O)c2cccc(-c3cccc(C#N)c3)c12. The minimum absolute atomic E-state index is 0.0553. The average molecular weight is 450 g/mol. The van der Waals surface area contributed by atoms with Crippen molar-refractivity contribution in [2.75, 3.05) is 18.0 Å². The van der Waals surface area contributed by atoms with E-state index in [0.717, 1.165) is 46.5 Å². The molecule has 3 aromatic carbocycles. The number of benzene rings is 3. The van der Waals surface area contributed by atoms with Crippen LogP contribution in [0.25, 0.3) is 27.6 Å². The van der Waals surface area contributed by atoms with E-state index in [9.17, 15) is 10.1 Å². The van der Waals surface area contributed by atoms with Crippen molar-refractivity contribution in [1.82, 2.24) is 4.57 Å². The molecule has 34 heavy (non-hydrogen) atoms. The minimum atomic E-state index is -0.0553. The largest absolute Gasteiger partial charge is 0.372 e. The Kier molecular flexibility index (Phi) is 5.69. The molecule has 1 aromatic heterocycles. The second kappa shape index (κ2) is 8.81. The van der Waals surface area contributed by atoms with Crippen LogP contribution in [0.4, 0.5) is 5.69 Å². The predicted molar refractivity (Wildman–Crippen MR) is 137 cm³/mol. The Balaban J connectivity index is 1.56. The number of fused-ring (bicyclic) bond motifs is 1. The lowest BCUT2D eigenvalue weighted by Gasteiger charge is -2.36. The summed E-state index contributed by atoms with van der Waals surface area (Å²) >= 11 is 0. The first kappa shape index (κ1) is 21.9. The number of aryl methyl sites for hydroxylation is 1. The normalized spacial score (nSPS) is 18.1. The monoisotopic (exact) mass is 449 g/mol. The van der Waals surface area contributed by atoms with Gasteiger partial charge in [-0.05, 0) is 85.3 Å². The molecule has 1 aliphatic heterocycles. The molecule has 1 aliphatic rings. The number of hydrogen-bond acceptors (Lipinski definition) is 4. The van der Waals surface area contributed by atoms with Crippen molar-refractivity contribution >= 4 is 16.5 Å². The molecule has 0 bridgehead atoms. The highest BCUT2D eigenvalue weighted by Crippen LogP contribution is 2.31. The lowest BCUT2D eigenvalue weighted by Crippen LogP contribution is -2.45. The molecule has 170 valence electrons. The maximum Gasteiger partial charge on any atom is 0.262 e. The summed E-state index contributed by atoms with van der Waals surface area (Å²) in [5, 5.41) is 10.9. The molecule has 0 spiro atoms. The first-order valence-corrected chi connectivity index (χ1v) is 11.6. The zero-order valence-electron chi connectivity index (χ0n) is 19.7. The lowest BCUT2D eigenvalue weighted by atomic mass is 9.95. The van der Waals surface area contributed by atoms with Crippen molar-refractivity contribution in [3.63, 3.8) is 0 Å². The molecule has 0 aliphatic carbocycles. The molecule has 1 fully saturated rings. The van der Waals surface area contributed by atoms with Crippen LogP contribution in [-0.4, -0.2) is 29.9 Å². The zero-order chi connectivity index (χ0) is 23.8. The molecule has 2 heterocycles. The van der Waals surface area contributed by atoms with Crippen molar-refractivity contribution < 1.29 is 4.74 Å². The van der Waals surface area contributed by atoms with Crippen molar-refractivity contribution in [2.24, 2.45) is 0 Å². The van der Waals surface area contributed by atoms with Gasteiger partial charge in [-0.2, -0.15) is 5.26 Å². The standard InChI is InChI=1S/C29H27N3O2/c1-19-16-32(25-12-10-24(11-13-25)31-17-20(2)34-21(3)18-31)29(33)27-9-5-8-26(28(19)27)23-7-4-6-22(14-23)15-30/h4-14,16,20-21H,17-18H2,1-3H3/t20-,21+. The Hall–Kier alpha value is -3.88. The van der Waals surface area contributed by atoms with Crippen LogP contribution in [0.2, 0.25) is 0 Å². The summed E-state index contributed by atoms with van der Waals surface area (Å²) in [4.78, 5) is 15.9. The van der Waals surface area contributed by atoms with E-state index in [2.05, 4.69) is 36.9 Å². The van der Waals surface area contributed by atoms with Crippen LogP contribution in [-0.2, 0) is 4.74 Å². The van der Waals surface area contributed by atoms with Gasteiger partial charge in [0.1, 0.15) is 0 Å². The van der Waals surface area contributed by atoms with E-state index >= 15 is 0 Å². The molecular weight excluding hydrogens is 422 g/mol. The fourth-order valence-electron chi connectivity index (χ4n) is 5.00. The van der Waals surface area contributed by atoms with Crippen LogP contribution in [0.5, 0.6) is 0 Å². The summed E-state index contributed by atoms with van der Waals surface area (Å²) in [7, 11) is 0. The number of hydrogen-bond donors (Lipinski definition) is 0. The summed E-state index contributed by atoms with van der Waals surface area (Å²) in [6.45, 7) is 7.93. The molecule has 5 nitrogen and oxygen atoms in total.